The second-order valence-corrected chi connectivity index (χ2v) is 18.7. The molecule has 7 aromatic rings. The molecule has 6 aromatic carbocycles. The minimum absolute atomic E-state index is 0.171. The summed E-state index contributed by atoms with van der Waals surface area (Å²) in [5, 5.41) is 2.71. The number of fused-ring (bicyclic) bond motifs is 7. The highest BCUT2D eigenvalue weighted by molar-refractivity contribution is 7.25. The van der Waals surface area contributed by atoms with Gasteiger partial charge in [-0.15, -0.1) is 11.3 Å². The van der Waals surface area contributed by atoms with Gasteiger partial charge in [-0.3, -0.25) is 0 Å². The Hall–Kier alpha value is -6.22. The number of nitrogens with zero attached hydrogens (tertiary/aromatic N) is 1. The van der Waals surface area contributed by atoms with E-state index in [1.54, 1.807) is 0 Å². The maximum atomic E-state index is 2.79. The lowest BCUT2D eigenvalue weighted by Gasteiger charge is -2.44. The van der Waals surface area contributed by atoms with Crippen LogP contribution in [0.15, 0.2) is 217 Å². The molecule has 0 saturated heterocycles. The first-order valence-corrected chi connectivity index (χ1v) is 23.2. The fraction of sp³-hybridized carbons (Fsp3) is 0.186. The molecule has 0 amide bonds. The van der Waals surface area contributed by atoms with Gasteiger partial charge < -0.3 is 4.90 Å². The summed E-state index contributed by atoms with van der Waals surface area (Å²) in [5.41, 5.74) is 14.0. The van der Waals surface area contributed by atoms with Crippen molar-refractivity contribution in [1.82, 2.24) is 0 Å². The average Bonchev–Trinajstić information content (AvgIpc) is 3.86. The van der Waals surface area contributed by atoms with Crippen molar-refractivity contribution in [2.75, 3.05) is 4.90 Å². The highest BCUT2D eigenvalue weighted by Crippen LogP contribution is 2.60. The van der Waals surface area contributed by atoms with Crippen molar-refractivity contribution >= 4 is 42.8 Å². The molecule has 0 saturated carbocycles. The Morgan fingerprint density at radius 2 is 1.39 bits per heavy atom. The van der Waals surface area contributed by atoms with Crippen molar-refractivity contribution in [3.63, 3.8) is 0 Å². The Morgan fingerprint density at radius 3 is 2.25 bits per heavy atom. The summed E-state index contributed by atoms with van der Waals surface area (Å²) in [5.74, 6) is 1.10. The molecule has 1 aromatic heterocycles. The lowest BCUT2D eigenvalue weighted by atomic mass is 9.61. The Labute approximate surface area is 364 Å². The summed E-state index contributed by atoms with van der Waals surface area (Å²) in [4.78, 5) is 2.79. The van der Waals surface area contributed by atoms with Gasteiger partial charge >= 0.3 is 0 Å². The molecule has 5 unspecified atom stereocenters. The van der Waals surface area contributed by atoms with Crippen molar-refractivity contribution in [3.05, 3.63) is 251 Å². The van der Waals surface area contributed by atoms with Gasteiger partial charge in [-0.2, -0.15) is 0 Å². The lowest BCUT2D eigenvalue weighted by molar-refractivity contribution is 0.452. The third-order valence-corrected chi connectivity index (χ3v) is 15.8. The van der Waals surface area contributed by atoms with Gasteiger partial charge in [-0.1, -0.05) is 182 Å². The molecule has 6 atom stereocenters. The van der Waals surface area contributed by atoms with Gasteiger partial charge in [-0.05, 0) is 118 Å². The van der Waals surface area contributed by atoms with Crippen LogP contribution in [-0.4, -0.2) is 12.1 Å². The molecule has 5 aliphatic rings. The van der Waals surface area contributed by atoms with Gasteiger partial charge in [0.05, 0.1) is 17.5 Å². The molecule has 296 valence electrons. The van der Waals surface area contributed by atoms with E-state index in [4.69, 9.17) is 0 Å². The zero-order chi connectivity index (χ0) is 40.3. The molecule has 0 fully saturated rings. The molecule has 61 heavy (non-hydrogen) atoms. The monoisotopic (exact) mass is 803 g/mol. The van der Waals surface area contributed by atoms with E-state index in [1.807, 2.05) is 11.3 Å². The number of allylic oxidation sites excluding steroid dienone is 8. The minimum Gasteiger partial charge on any atom is -0.358 e. The van der Waals surface area contributed by atoms with E-state index >= 15 is 0 Å². The van der Waals surface area contributed by atoms with Crippen molar-refractivity contribution in [3.8, 4) is 0 Å². The van der Waals surface area contributed by atoms with Gasteiger partial charge in [-0.25, -0.2) is 0 Å². The number of anilines is 1. The molecule has 1 heterocycles. The van der Waals surface area contributed by atoms with Crippen LogP contribution in [0.5, 0.6) is 0 Å². The highest BCUT2D eigenvalue weighted by Gasteiger charge is 2.52. The summed E-state index contributed by atoms with van der Waals surface area (Å²) in [7, 11) is 0. The molecule has 0 radical (unpaired) electrons. The van der Waals surface area contributed by atoms with Crippen LogP contribution in [0.1, 0.15) is 65.0 Å². The largest absolute Gasteiger partial charge is 0.358 e. The van der Waals surface area contributed by atoms with E-state index in [0.29, 0.717) is 17.8 Å². The quantitative estimate of drug-likeness (QED) is 0.155. The van der Waals surface area contributed by atoms with E-state index in [1.165, 1.54) is 76.0 Å². The number of thiophene rings is 1. The molecule has 0 aliphatic heterocycles. The Kier molecular flexibility index (Phi) is 9.03. The molecule has 1 nitrogen and oxygen atoms in total. The Morgan fingerprint density at radius 1 is 0.623 bits per heavy atom. The molecule has 5 aliphatic carbocycles. The second-order valence-electron chi connectivity index (χ2n) is 17.7. The van der Waals surface area contributed by atoms with E-state index in [0.717, 1.165) is 32.1 Å². The van der Waals surface area contributed by atoms with Crippen LogP contribution in [0.4, 0.5) is 5.69 Å². The third kappa shape index (κ3) is 5.94. The van der Waals surface area contributed by atoms with E-state index < -0.39 is 0 Å². The fourth-order valence-corrected chi connectivity index (χ4v) is 13.1. The number of rotatable bonds is 7. The highest BCUT2D eigenvalue weighted by atomic mass is 32.1. The number of aryl methyl sites for hydroxylation is 1. The summed E-state index contributed by atoms with van der Waals surface area (Å²) < 4.78 is 2.71. The molecule has 2 heteroatoms. The maximum Gasteiger partial charge on any atom is 0.0526 e. The standard InChI is InChI=1S/C59H49NS/c1-4-17-42(18-5-1)58-48-23-11-10-16-40(48)30-35-49(58)41-28-31-45(32-29-41)60(46-34-37-57-53(38-46)52-25-13-15-27-56(52)61-57)47-33-36-51-50-24-12-14-26-54(50)59(55(51)39-47,43-19-6-2-7-20-43)44-21-8-3-9-22-44/h1-21,23-29,31,34,36-39,44-45,47,49,58H,22,30,32-33,35H2/t44?,45?,47-,49?,58?,59?/m0/s1. The Balaban J connectivity index is 0.986. The minimum atomic E-state index is -0.290. The fourth-order valence-electron chi connectivity index (χ4n) is 12.0. The molecular formula is C59H49NS. The first-order valence-electron chi connectivity index (χ1n) is 22.4. The SMILES string of the molecule is C1=CCC(C2(c3ccccc3)C3=C[C@@H](N(c4ccc5sc6ccccc6c5c4)C4C=CC(C5CCc6ccccc6C5c5ccccc5)=CC4)CC=C3c3ccccc32)C=C1. The lowest BCUT2D eigenvalue weighted by Crippen LogP contribution is -2.44. The van der Waals surface area contributed by atoms with Crippen molar-refractivity contribution in [2.45, 2.75) is 55.5 Å². The first-order chi connectivity index (χ1) is 30.3. The van der Waals surface area contributed by atoms with Gasteiger partial charge in [0.25, 0.3) is 0 Å². The van der Waals surface area contributed by atoms with Crippen LogP contribution in [0.3, 0.4) is 0 Å². The summed E-state index contributed by atoms with van der Waals surface area (Å²) in [6.45, 7) is 0. The third-order valence-electron chi connectivity index (χ3n) is 14.6. The van der Waals surface area contributed by atoms with Crippen molar-refractivity contribution in [1.29, 1.82) is 0 Å². The zero-order valence-electron chi connectivity index (χ0n) is 34.4. The predicted molar refractivity (Wildman–Crippen MR) is 258 cm³/mol. The van der Waals surface area contributed by atoms with Gasteiger partial charge in [0, 0.05) is 31.8 Å². The molecule has 12 rings (SSSR count). The van der Waals surface area contributed by atoms with E-state index in [-0.39, 0.29) is 17.5 Å². The zero-order valence-corrected chi connectivity index (χ0v) is 35.2. The van der Waals surface area contributed by atoms with E-state index in [2.05, 4.69) is 211 Å². The summed E-state index contributed by atoms with van der Waals surface area (Å²) in [6, 6.07) is 57.7. The topological polar surface area (TPSA) is 3.24 Å². The van der Waals surface area contributed by atoms with Gasteiger partial charge in [0.1, 0.15) is 0 Å². The van der Waals surface area contributed by atoms with Gasteiger partial charge in [0.15, 0.2) is 0 Å². The second kappa shape index (κ2) is 15.0. The van der Waals surface area contributed by atoms with Gasteiger partial charge in [0.2, 0.25) is 0 Å². The van der Waals surface area contributed by atoms with Crippen molar-refractivity contribution < 1.29 is 0 Å². The van der Waals surface area contributed by atoms with Crippen LogP contribution in [0.25, 0.3) is 25.7 Å². The maximum absolute atomic E-state index is 2.79. The molecule has 0 bridgehead atoms. The smallest absolute Gasteiger partial charge is 0.0526 e. The number of benzene rings is 6. The average molecular weight is 804 g/mol. The first kappa shape index (κ1) is 36.6. The Bertz CT molecular complexity index is 2990. The molecule has 0 spiro atoms. The molecular weight excluding hydrogens is 755 g/mol. The van der Waals surface area contributed by atoms with E-state index in [9.17, 15) is 0 Å². The number of hydrogen-bond acceptors (Lipinski definition) is 2. The molecule has 0 N–H and O–H groups in total. The van der Waals surface area contributed by atoms with Crippen LogP contribution in [-0.2, 0) is 11.8 Å². The predicted octanol–water partition coefficient (Wildman–Crippen LogP) is 14.7. The van der Waals surface area contributed by atoms with Crippen LogP contribution < -0.4 is 4.90 Å². The van der Waals surface area contributed by atoms with Crippen LogP contribution in [0.2, 0.25) is 0 Å². The summed E-state index contributed by atoms with van der Waals surface area (Å²) >= 11 is 1.91. The summed E-state index contributed by atoms with van der Waals surface area (Å²) in [6.07, 6.45) is 27.6. The van der Waals surface area contributed by atoms with Crippen LogP contribution in [0, 0.1) is 11.8 Å². The van der Waals surface area contributed by atoms with Crippen LogP contribution >= 0.6 is 11.3 Å². The van der Waals surface area contributed by atoms with Crippen molar-refractivity contribution in [2.24, 2.45) is 11.8 Å². The normalized spacial score (nSPS) is 25.0. The number of hydrogen-bond donors (Lipinski definition) is 0.